The minimum Gasteiger partial charge on any atom is -0.497 e. The van der Waals surface area contributed by atoms with E-state index >= 15 is 0 Å². The van der Waals surface area contributed by atoms with Gasteiger partial charge in [-0.05, 0) is 18.6 Å². The van der Waals surface area contributed by atoms with Gasteiger partial charge in [0.25, 0.3) is 0 Å². The molecule has 7 heteroatoms. The summed E-state index contributed by atoms with van der Waals surface area (Å²) in [6.45, 7) is 0.126. The maximum atomic E-state index is 13.0. The molecule has 152 valence electrons. The van der Waals surface area contributed by atoms with Gasteiger partial charge in [-0.15, -0.1) is 0 Å². The Hall–Kier alpha value is -2.93. The van der Waals surface area contributed by atoms with Crippen molar-refractivity contribution in [3.8, 4) is 28.7 Å². The predicted molar refractivity (Wildman–Crippen MR) is 102 cm³/mol. The molecule has 7 nitrogen and oxygen atoms in total. The van der Waals surface area contributed by atoms with Crippen LogP contribution in [-0.4, -0.2) is 37.7 Å². The molecule has 2 aromatic rings. The first-order valence-electron chi connectivity index (χ1n) is 9.63. The first kappa shape index (κ1) is 18.1. The molecule has 2 aromatic carbocycles. The second kappa shape index (κ2) is 6.56. The second-order valence-electron chi connectivity index (χ2n) is 7.57. The molecule has 0 spiro atoms. The first-order valence-corrected chi connectivity index (χ1v) is 9.63. The Kier molecular flexibility index (Phi) is 4.10. The lowest BCUT2D eigenvalue weighted by Gasteiger charge is -2.47. The molecule has 1 fully saturated rings. The van der Waals surface area contributed by atoms with Gasteiger partial charge in [0.15, 0.2) is 11.5 Å². The Labute approximate surface area is 168 Å². The van der Waals surface area contributed by atoms with Crippen molar-refractivity contribution in [2.24, 2.45) is 5.92 Å². The molecule has 3 atom stereocenters. The number of ketones is 1. The fourth-order valence-electron chi connectivity index (χ4n) is 4.70. The maximum absolute atomic E-state index is 13.0. The van der Waals surface area contributed by atoms with Gasteiger partial charge in [-0.2, -0.15) is 0 Å². The molecule has 29 heavy (non-hydrogen) atoms. The summed E-state index contributed by atoms with van der Waals surface area (Å²) in [4.78, 5) is 13.0. The molecule has 0 unspecified atom stereocenters. The minimum atomic E-state index is -1.58. The molecule has 2 heterocycles. The zero-order valence-corrected chi connectivity index (χ0v) is 16.3. The number of methoxy groups -OCH3 is 2. The normalized spacial score (nSPS) is 26.9. The summed E-state index contributed by atoms with van der Waals surface area (Å²) >= 11 is 0. The topological polar surface area (TPSA) is 83.5 Å². The Morgan fingerprint density at radius 2 is 1.83 bits per heavy atom. The highest BCUT2D eigenvalue weighted by Gasteiger charge is 2.55. The van der Waals surface area contributed by atoms with Crippen LogP contribution < -0.4 is 23.7 Å². The molecule has 1 N–H and O–H groups in total. The number of Topliss-reactive ketones (excluding diaryl/α,β-unsaturated/α-hetero) is 1. The summed E-state index contributed by atoms with van der Waals surface area (Å²) < 4.78 is 28.0. The highest BCUT2D eigenvalue weighted by atomic mass is 16.7. The van der Waals surface area contributed by atoms with Gasteiger partial charge in [-0.3, -0.25) is 4.79 Å². The number of fused-ring (bicyclic) bond motifs is 3. The number of hydrogen-bond acceptors (Lipinski definition) is 7. The van der Waals surface area contributed by atoms with Crippen molar-refractivity contribution in [1.29, 1.82) is 0 Å². The summed E-state index contributed by atoms with van der Waals surface area (Å²) in [5.74, 6) is 0.0844. The summed E-state index contributed by atoms with van der Waals surface area (Å²) in [5.41, 5.74) is 1.55. The van der Waals surface area contributed by atoms with Crippen LogP contribution in [0.25, 0.3) is 0 Å². The predicted octanol–water partition coefficient (Wildman–Crippen LogP) is 3.01. The summed E-state index contributed by atoms with van der Waals surface area (Å²) in [6.07, 6.45) is 1.37. The highest BCUT2D eigenvalue weighted by molar-refractivity contribution is 5.85. The molecule has 1 aliphatic carbocycles. The quantitative estimate of drug-likeness (QED) is 0.851. The van der Waals surface area contributed by atoms with Gasteiger partial charge < -0.3 is 28.8 Å². The van der Waals surface area contributed by atoms with E-state index in [1.54, 1.807) is 26.4 Å². The number of benzene rings is 2. The molecule has 0 aromatic heterocycles. The summed E-state index contributed by atoms with van der Waals surface area (Å²) in [7, 11) is 3.16. The summed E-state index contributed by atoms with van der Waals surface area (Å²) in [6, 6.07) is 9.06. The number of rotatable bonds is 3. The zero-order chi connectivity index (χ0) is 20.2. The smallest absolute Gasteiger partial charge is 0.231 e. The minimum absolute atomic E-state index is 0.0232. The fourth-order valence-corrected chi connectivity index (χ4v) is 4.70. The van der Waals surface area contributed by atoms with Crippen molar-refractivity contribution in [2.45, 2.75) is 31.0 Å². The average molecular weight is 398 g/mol. The van der Waals surface area contributed by atoms with Gasteiger partial charge in [-0.1, -0.05) is 6.07 Å². The van der Waals surface area contributed by atoms with Crippen molar-refractivity contribution in [2.75, 3.05) is 21.0 Å². The lowest BCUT2D eigenvalue weighted by molar-refractivity contribution is -0.206. The van der Waals surface area contributed by atoms with E-state index in [0.29, 0.717) is 48.0 Å². The molecule has 5 rings (SSSR count). The van der Waals surface area contributed by atoms with E-state index in [-0.39, 0.29) is 12.6 Å². The van der Waals surface area contributed by atoms with Crippen molar-refractivity contribution < 1.29 is 33.6 Å². The van der Waals surface area contributed by atoms with Crippen molar-refractivity contribution >= 4 is 5.78 Å². The Morgan fingerprint density at radius 3 is 2.59 bits per heavy atom. The van der Waals surface area contributed by atoms with E-state index in [2.05, 4.69) is 0 Å². The Bertz CT molecular complexity index is 985. The van der Waals surface area contributed by atoms with E-state index < -0.39 is 17.6 Å². The molecule has 0 amide bonds. The third kappa shape index (κ3) is 2.72. The fraction of sp³-hybridized carbons (Fsp3) is 0.409. The van der Waals surface area contributed by atoms with Crippen LogP contribution in [0.3, 0.4) is 0 Å². The van der Waals surface area contributed by atoms with Crippen LogP contribution in [0, 0.1) is 5.92 Å². The number of carbonyl (C=O) groups excluding carboxylic acids is 1. The van der Waals surface area contributed by atoms with Crippen molar-refractivity contribution in [3.05, 3.63) is 41.5 Å². The number of hydrogen-bond donors (Lipinski definition) is 1. The largest absolute Gasteiger partial charge is 0.497 e. The molecule has 0 saturated heterocycles. The van der Waals surface area contributed by atoms with Gasteiger partial charge in [0.2, 0.25) is 12.6 Å². The SMILES string of the molecule is COc1ccc([C@@H]2c3cc4c(cc3O[C@]3(O)CCCC(=O)[C@@H]23)OCO4)c(OC)c1. The van der Waals surface area contributed by atoms with E-state index in [1.165, 1.54) is 0 Å². The zero-order valence-electron chi connectivity index (χ0n) is 16.3. The lowest BCUT2D eigenvalue weighted by atomic mass is 9.67. The van der Waals surface area contributed by atoms with Gasteiger partial charge in [0.1, 0.15) is 23.0 Å². The van der Waals surface area contributed by atoms with E-state index in [4.69, 9.17) is 23.7 Å². The number of carbonyl (C=O) groups is 1. The van der Waals surface area contributed by atoms with Crippen molar-refractivity contribution in [1.82, 2.24) is 0 Å². The van der Waals surface area contributed by atoms with E-state index in [1.807, 2.05) is 18.2 Å². The molecule has 0 bridgehead atoms. The number of ether oxygens (including phenoxy) is 5. The third-order valence-corrected chi connectivity index (χ3v) is 6.03. The van der Waals surface area contributed by atoms with Gasteiger partial charge in [-0.25, -0.2) is 0 Å². The van der Waals surface area contributed by atoms with Crippen LogP contribution >= 0.6 is 0 Å². The van der Waals surface area contributed by atoms with Crippen LogP contribution in [0.4, 0.5) is 0 Å². The third-order valence-electron chi connectivity index (χ3n) is 6.03. The number of aliphatic hydroxyl groups is 1. The first-order chi connectivity index (χ1) is 14.0. The van der Waals surface area contributed by atoms with Crippen LogP contribution in [0.5, 0.6) is 28.7 Å². The van der Waals surface area contributed by atoms with E-state index in [0.717, 1.165) is 11.1 Å². The van der Waals surface area contributed by atoms with Gasteiger partial charge in [0, 0.05) is 42.0 Å². The van der Waals surface area contributed by atoms with Crippen LogP contribution in [0.1, 0.15) is 36.3 Å². The maximum Gasteiger partial charge on any atom is 0.231 e. The van der Waals surface area contributed by atoms with Gasteiger partial charge >= 0.3 is 0 Å². The monoisotopic (exact) mass is 398 g/mol. The van der Waals surface area contributed by atoms with Crippen LogP contribution in [0.2, 0.25) is 0 Å². The van der Waals surface area contributed by atoms with Crippen molar-refractivity contribution in [3.63, 3.8) is 0 Å². The molecular weight excluding hydrogens is 376 g/mol. The van der Waals surface area contributed by atoms with E-state index in [9.17, 15) is 9.90 Å². The standard InChI is InChI=1S/C22H22O7/c1-25-12-5-6-13(16(8-12)26-2)20-14-9-18-19(28-11-27-18)10-17(14)29-22(24)7-3-4-15(23)21(20)22/h5-6,8-10,20-21,24H,3-4,7,11H2,1-2H3/t20-,21+,22-/m1/s1. The highest BCUT2D eigenvalue weighted by Crippen LogP contribution is 2.55. The molecular formula is C22H22O7. The lowest BCUT2D eigenvalue weighted by Crippen LogP contribution is -2.55. The average Bonchev–Trinajstić information content (AvgIpc) is 3.17. The molecule has 3 aliphatic rings. The summed E-state index contributed by atoms with van der Waals surface area (Å²) in [5, 5.41) is 11.4. The molecule has 2 aliphatic heterocycles. The molecule has 0 radical (unpaired) electrons. The Morgan fingerprint density at radius 1 is 1.03 bits per heavy atom. The van der Waals surface area contributed by atoms with Gasteiger partial charge in [0.05, 0.1) is 20.1 Å². The molecule has 1 saturated carbocycles. The van der Waals surface area contributed by atoms with Crippen LogP contribution in [-0.2, 0) is 4.79 Å². The Balaban J connectivity index is 1.74. The van der Waals surface area contributed by atoms with Crippen LogP contribution in [0.15, 0.2) is 30.3 Å². The second-order valence-corrected chi connectivity index (χ2v) is 7.57.